The summed E-state index contributed by atoms with van der Waals surface area (Å²) < 4.78 is 5.58. The van der Waals surface area contributed by atoms with Crippen LogP contribution in [0.25, 0.3) is 0 Å². The Balaban J connectivity index is 1.85. The van der Waals surface area contributed by atoms with Crippen LogP contribution in [0.1, 0.15) is 33.6 Å². The van der Waals surface area contributed by atoms with Crippen molar-refractivity contribution in [3.8, 4) is 0 Å². The Morgan fingerprint density at radius 3 is 2.10 bits per heavy atom. The first-order valence-electron chi connectivity index (χ1n) is 10.2. The molecular weight excluding hydrogens is 382 g/mol. The molecule has 1 amide bonds. The van der Waals surface area contributed by atoms with Gasteiger partial charge < -0.3 is 14.7 Å². The third kappa shape index (κ3) is 5.14. The van der Waals surface area contributed by atoms with Crippen molar-refractivity contribution in [2.24, 2.45) is 0 Å². The van der Waals surface area contributed by atoms with Gasteiger partial charge in [0.1, 0.15) is 5.60 Å². The summed E-state index contributed by atoms with van der Waals surface area (Å²) in [5.74, 6) is 0.616. The fraction of sp³-hybridized carbons (Fsp3) is 0.458. The molecule has 4 nitrogen and oxygen atoms in total. The number of nitrogens with zero attached hydrogens (tertiary/aromatic N) is 1. The van der Waals surface area contributed by atoms with Crippen LogP contribution >= 0.6 is 10.0 Å². The first kappa shape index (κ1) is 21.7. The molecule has 2 aromatic carbocycles. The number of benzene rings is 2. The fourth-order valence-corrected chi connectivity index (χ4v) is 7.04. The number of aliphatic hydroxyl groups excluding tert-OH is 1. The SMILES string of the molecule is CC(C)(C)OC(=O)N1CCC[C@H]1[C@@H](O)CS(C)(c1ccccc1)c1ccccc1. The van der Waals surface area contributed by atoms with Crippen LogP contribution in [0.15, 0.2) is 70.5 Å². The van der Waals surface area contributed by atoms with Gasteiger partial charge in [-0.3, -0.25) is 0 Å². The molecule has 1 aliphatic heterocycles. The Bertz CT molecular complexity index is 764. The number of hydrogen-bond donors (Lipinski definition) is 1. The highest BCUT2D eigenvalue weighted by Crippen LogP contribution is 2.60. The van der Waals surface area contributed by atoms with Crippen molar-refractivity contribution in [2.75, 3.05) is 18.6 Å². The molecule has 1 saturated heterocycles. The molecule has 2 aromatic rings. The van der Waals surface area contributed by atoms with Gasteiger partial charge in [0.15, 0.2) is 0 Å². The van der Waals surface area contributed by atoms with E-state index in [1.54, 1.807) is 4.90 Å². The zero-order valence-corrected chi connectivity index (χ0v) is 18.7. The molecule has 0 radical (unpaired) electrons. The van der Waals surface area contributed by atoms with E-state index in [2.05, 4.69) is 54.8 Å². The summed E-state index contributed by atoms with van der Waals surface area (Å²) in [6, 6.07) is 20.6. The summed E-state index contributed by atoms with van der Waals surface area (Å²) in [5, 5.41) is 11.3. The Kier molecular flexibility index (Phi) is 6.59. The molecule has 3 rings (SSSR count). The lowest BCUT2D eigenvalue weighted by Gasteiger charge is -2.41. The van der Waals surface area contributed by atoms with E-state index in [-0.39, 0.29) is 12.1 Å². The maximum Gasteiger partial charge on any atom is 0.410 e. The molecule has 1 aliphatic rings. The summed E-state index contributed by atoms with van der Waals surface area (Å²) in [6.07, 6.45) is 3.03. The minimum atomic E-state index is -1.45. The van der Waals surface area contributed by atoms with Gasteiger partial charge >= 0.3 is 6.09 Å². The number of ether oxygens (including phenoxy) is 1. The molecule has 0 bridgehead atoms. The highest BCUT2D eigenvalue weighted by molar-refractivity contribution is 8.33. The van der Waals surface area contributed by atoms with Crippen LogP contribution < -0.4 is 0 Å². The number of rotatable bonds is 5. The van der Waals surface area contributed by atoms with Gasteiger partial charge in [-0.05, 0) is 73.9 Å². The van der Waals surface area contributed by atoms with E-state index in [1.807, 2.05) is 32.9 Å². The average Bonchev–Trinajstić information content (AvgIpc) is 3.18. The fourth-order valence-electron chi connectivity index (χ4n) is 3.96. The van der Waals surface area contributed by atoms with Crippen molar-refractivity contribution in [3.63, 3.8) is 0 Å². The Morgan fingerprint density at radius 2 is 1.62 bits per heavy atom. The van der Waals surface area contributed by atoms with E-state index in [1.165, 1.54) is 9.79 Å². The van der Waals surface area contributed by atoms with Gasteiger partial charge in [-0.2, -0.15) is 10.0 Å². The molecule has 0 aliphatic carbocycles. The third-order valence-corrected chi connectivity index (χ3v) is 9.04. The van der Waals surface area contributed by atoms with Crippen LogP contribution in [-0.2, 0) is 4.74 Å². The molecule has 158 valence electrons. The lowest BCUT2D eigenvalue weighted by molar-refractivity contribution is 0.00855. The highest BCUT2D eigenvalue weighted by Gasteiger charge is 2.39. The van der Waals surface area contributed by atoms with E-state index in [0.717, 1.165) is 12.8 Å². The Labute approximate surface area is 176 Å². The number of amides is 1. The minimum absolute atomic E-state index is 0.205. The topological polar surface area (TPSA) is 49.8 Å². The van der Waals surface area contributed by atoms with Crippen LogP contribution in [0.2, 0.25) is 0 Å². The second-order valence-corrected chi connectivity index (χ2v) is 12.3. The molecule has 29 heavy (non-hydrogen) atoms. The predicted molar refractivity (Wildman–Crippen MR) is 120 cm³/mol. The molecule has 0 spiro atoms. The second kappa shape index (κ2) is 8.80. The van der Waals surface area contributed by atoms with Crippen molar-refractivity contribution in [1.29, 1.82) is 0 Å². The molecule has 0 unspecified atom stereocenters. The number of aliphatic hydroxyl groups is 1. The van der Waals surface area contributed by atoms with Crippen LogP contribution in [0, 0.1) is 0 Å². The van der Waals surface area contributed by atoms with Gasteiger partial charge in [0.2, 0.25) is 0 Å². The molecule has 5 heteroatoms. The van der Waals surface area contributed by atoms with Crippen molar-refractivity contribution < 1.29 is 14.6 Å². The number of likely N-dealkylation sites (tertiary alicyclic amines) is 1. The zero-order chi connectivity index (χ0) is 21.1. The predicted octanol–water partition coefficient (Wildman–Crippen LogP) is 5.30. The standard InChI is InChI=1S/C24H33NO3S/c1-24(2,3)28-23(27)25-17-11-16-21(25)22(26)18-29(4,19-12-7-5-8-13-19)20-14-9-6-10-15-20/h5-10,12-15,21-22,26H,11,16-18H2,1-4H3/t21-,22-/m0/s1. The van der Waals surface area contributed by atoms with E-state index >= 15 is 0 Å². The molecular formula is C24H33NO3S. The summed E-state index contributed by atoms with van der Waals surface area (Å²) >= 11 is 0. The van der Waals surface area contributed by atoms with Crippen LogP contribution in [0.4, 0.5) is 4.79 Å². The first-order valence-corrected chi connectivity index (χ1v) is 12.5. The number of carbonyl (C=O) groups is 1. The maximum absolute atomic E-state index is 12.7. The normalized spacial score (nSPS) is 19.1. The van der Waals surface area contributed by atoms with Crippen molar-refractivity contribution in [1.82, 2.24) is 4.90 Å². The molecule has 0 saturated carbocycles. The van der Waals surface area contributed by atoms with Crippen molar-refractivity contribution >= 4 is 16.1 Å². The largest absolute Gasteiger partial charge is 0.444 e. The van der Waals surface area contributed by atoms with Gasteiger partial charge in [0.25, 0.3) is 0 Å². The van der Waals surface area contributed by atoms with Crippen molar-refractivity contribution in [3.05, 3.63) is 60.7 Å². The average molecular weight is 416 g/mol. The van der Waals surface area contributed by atoms with E-state index < -0.39 is 21.7 Å². The van der Waals surface area contributed by atoms with E-state index in [9.17, 15) is 9.90 Å². The van der Waals surface area contributed by atoms with Gasteiger partial charge in [-0.1, -0.05) is 36.4 Å². The molecule has 1 fully saturated rings. The first-order chi connectivity index (χ1) is 13.7. The van der Waals surface area contributed by atoms with Crippen LogP contribution in [0.3, 0.4) is 0 Å². The minimum Gasteiger partial charge on any atom is -0.444 e. The lowest BCUT2D eigenvalue weighted by Crippen LogP contribution is -2.46. The molecule has 2 atom stereocenters. The van der Waals surface area contributed by atoms with Crippen LogP contribution in [0.5, 0.6) is 0 Å². The maximum atomic E-state index is 12.7. The number of hydrogen-bond acceptors (Lipinski definition) is 3. The van der Waals surface area contributed by atoms with E-state index in [0.29, 0.717) is 12.3 Å². The van der Waals surface area contributed by atoms with Gasteiger partial charge in [0, 0.05) is 12.3 Å². The summed E-state index contributed by atoms with van der Waals surface area (Å²) in [7, 11) is -1.45. The van der Waals surface area contributed by atoms with Gasteiger partial charge in [-0.25, -0.2) is 4.79 Å². The molecule has 1 N–H and O–H groups in total. The summed E-state index contributed by atoms with van der Waals surface area (Å²) in [5.41, 5.74) is -0.539. The summed E-state index contributed by atoms with van der Waals surface area (Å²) in [4.78, 5) is 16.9. The monoisotopic (exact) mass is 415 g/mol. The zero-order valence-electron chi connectivity index (χ0n) is 17.9. The Hall–Kier alpha value is -1.98. The van der Waals surface area contributed by atoms with Gasteiger partial charge in [-0.15, -0.1) is 0 Å². The van der Waals surface area contributed by atoms with Crippen molar-refractivity contribution in [2.45, 2.75) is 61.2 Å². The quantitative estimate of drug-likeness (QED) is 0.721. The van der Waals surface area contributed by atoms with E-state index in [4.69, 9.17) is 4.74 Å². The summed E-state index contributed by atoms with van der Waals surface area (Å²) in [6.45, 7) is 6.26. The Morgan fingerprint density at radius 1 is 1.10 bits per heavy atom. The van der Waals surface area contributed by atoms with Crippen LogP contribution in [-0.4, -0.2) is 52.4 Å². The lowest BCUT2D eigenvalue weighted by atomic mass is 10.1. The highest BCUT2D eigenvalue weighted by atomic mass is 32.3. The number of carbonyl (C=O) groups excluding carboxylic acids is 1. The molecule has 0 aromatic heterocycles. The second-order valence-electron chi connectivity index (χ2n) is 8.83. The molecule has 1 heterocycles. The third-order valence-electron chi connectivity index (χ3n) is 5.40. The smallest absolute Gasteiger partial charge is 0.410 e. The van der Waals surface area contributed by atoms with Gasteiger partial charge in [0.05, 0.1) is 12.1 Å².